The summed E-state index contributed by atoms with van der Waals surface area (Å²) < 4.78 is 30.9. The Morgan fingerprint density at radius 1 is 1.09 bits per heavy atom. The number of ether oxygens (including phenoxy) is 1. The lowest BCUT2D eigenvalue weighted by molar-refractivity contribution is -0.146. The Morgan fingerprint density at radius 3 is 2.43 bits per heavy atom. The van der Waals surface area contributed by atoms with Crippen LogP contribution in [0.2, 0.25) is 5.02 Å². The summed E-state index contributed by atoms with van der Waals surface area (Å²) in [5.41, 5.74) is 0.495. The lowest BCUT2D eigenvalue weighted by Crippen LogP contribution is -2.22. The van der Waals surface area contributed by atoms with Gasteiger partial charge in [-0.3, -0.25) is 9.59 Å². The number of halogens is 3. The standard InChI is InChI=1S/C16H12ClF2NO3/c17-11-3-1-10(2-4-11)7-16(22)23-9-15(21)20-14-6-5-12(18)8-13(14)19/h1-6,8H,7,9H2,(H,20,21). The number of hydrogen-bond donors (Lipinski definition) is 1. The first-order chi connectivity index (χ1) is 10.9. The Morgan fingerprint density at radius 2 is 1.78 bits per heavy atom. The fraction of sp³-hybridized carbons (Fsp3) is 0.125. The molecule has 0 aliphatic carbocycles. The molecule has 2 rings (SSSR count). The van der Waals surface area contributed by atoms with Gasteiger partial charge in [-0.1, -0.05) is 23.7 Å². The van der Waals surface area contributed by atoms with Crippen molar-refractivity contribution in [2.24, 2.45) is 0 Å². The zero-order valence-electron chi connectivity index (χ0n) is 11.8. The highest BCUT2D eigenvalue weighted by Crippen LogP contribution is 2.15. The lowest BCUT2D eigenvalue weighted by atomic mass is 10.1. The second-order valence-electron chi connectivity index (χ2n) is 4.64. The van der Waals surface area contributed by atoms with E-state index in [2.05, 4.69) is 5.32 Å². The largest absolute Gasteiger partial charge is 0.455 e. The van der Waals surface area contributed by atoms with Gasteiger partial charge in [-0.2, -0.15) is 0 Å². The normalized spacial score (nSPS) is 10.2. The quantitative estimate of drug-likeness (QED) is 0.850. The van der Waals surface area contributed by atoms with Crippen molar-refractivity contribution in [2.45, 2.75) is 6.42 Å². The van der Waals surface area contributed by atoms with E-state index in [4.69, 9.17) is 16.3 Å². The fourth-order valence-corrected chi connectivity index (χ4v) is 1.87. The highest BCUT2D eigenvalue weighted by molar-refractivity contribution is 6.30. The van der Waals surface area contributed by atoms with Crippen LogP contribution in [0.25, 0.3) is 0 Å². The number of benzene rings is 2. The third kappa shape index (κ3) is 5.34. The van der Waals surface area contributed by atoms with Gasteiger partial charge in [-0.25, -0.2) is 8.78 Å². The number of nitrogens with one attached hydrogen (secondary N) is 1. The average molecular weight is 340 g/mol. The predicted molar refractivity (Wildman–Crippen MR) is 81.1 cm³/mol. The smallest absolute Gasteiger partial charge is 0.310 e. The van der Waals surface area contributed by atoms with Gasteiger partial charge in [0.1, 0.15) is 11.6 Å². The van der Waals surface area contributed by atoms with Crippen molar-refractivity contribution in [3.05, 3.63) is 64.7 Å². The first-order valence-electron chi connectivity index (χ1n) is 6.59. The second-order valence-corrected chi connectivity index (χ2v) is 5.07. The maximum atomic E-state index is 13.4. The van der Waals surface area contributed by atoms with Gasteiger partial charge < -0.3 is 10.1 Å². The predicted octanol–water partition coefficient (Wildman–Crippen LogP) is 3.34. The van der Waals surface area contributed by atoms with E-state index in [0.29, 0.717) is 16.7 Å². The van der Waals surface area contributed by atoms with Crippen LogP contribution in [0.1, 0.15) is 5.56 Å². The van der Waals surface area contributed by atoms with Crippen molar-refractivity contribution in [3.8, 4) is 0 Å². The molecule has 2 aromatic carbocycles. The molecule has 0 unspecified atom stereocenters. The lowest BCUT2D eigenvalue weighted by Gasteiger charge is -2.07. The first kappa shape index (κ1) is 16.9. The minimum atomic E-state index is -0.911. The van der Waals surface area contributed by atoms with Crippen LogP contribution in [0.3, 0.4) is 0 Å². The Bertz CT molecular complexity index is 720. The van der Waals surface area contributed by atoms with Crippen molar-refractivity contribution in [1.82, 2.24) is 0 Å². The Balaban J connectivity index is 1.81. The van der Waals surface area contributed by atoms with E-state index < -0.39 is 30.1 Å². The summed E-state index contributed by atoms with van der Waals surface area (Å²) in [6.45, 7) is -0.566. The number of esters is 1. The molecule has 0 bridgehead atoms. The maximum Gasteiger partial charge on any atom is 0.310 e. The zero-order valence-corrected chi connectivity index (χ0v) is 12.6. The van der Waals surface area contributed by atoms with Gasteiger partial charge in [0.2, 0.25) is 0 Å². The van der Waals surface area contributed by atoms with Gasteiger partial charge in [0, 0.05) is 11.1 Å². The van der Waals surface area contributed by atoms with Crippen LogP contribution in [0.4, 0.5) is 14.5 Å². The zero-order chi connectivity index (χ0) is 16.8. The molecule has 0 saturated heterocycles. The average Bonchev–Trinajstić information content (AvgIpc) is 2.50. The van der Waals surface area contributed by atoms with E-state index in [1.807, 2.05) is 0 Å². The number of carbonyl (C=O) groups is 2. The van der Waals surface area contributed by atoms with Crippen molar-refractivity contribution < 1.29 is 23.1 Å². The summed E-state index contributed by atoms with van der Waals surface area (Å²) in [5.74, 6) is -3.00. The summed E-state index contributed by atoms with van der Waals surface area (Å²) in [4.78, 5) is 23.2. The van der Waals surface area contributed by atoms with Gasteiger partial charge in [0.05, 0.1) is 12.1 Å². The molecule has 0 heterocycles. The highest BCUT2D eigenvalue weighted by Gasteiger charge is 2.11. The van der Waals surface area contributed by atoms with Crippen LogP contribution in [0.15, 0.2) is 42.5 Å². The monoisotopic (exact) mass is 339 g/mol. The molecular weight excluding hydrogens is 328 g/mol. The van der Waals surface area contributed by atoms with E-state index in [1.165, 1.54) is 0 Å². The van der Waals surface area contributed by atoms with Gasteiger partial charge >= 0.3 is 5.97 Å². The van der Waals surface area contributed by atoms with Gasteiger partial charge in [-0.05, 0) is 29.8 Å². The summed E-state index contributed by atoms with van der Waals surface area (Å²) in [6.07, 6.45) is -0.0185. The second kappa shape index (κ2) is 7.69. The molecule has 120 valence electrons. The van der Waals surface area contributed by atoms with Crippen LogP contribution in [-0.4, -0.2) is 18.5 Å². The van der Waals surface area contributed by atoms with Crippen LogP contribution in [-0.2, 0) is 20.7 Å². The summed E-state index contributed by atoms with van der Waals surface area (Å²) in [7, 11) is 0. The molecule has 2 aromatic rings. The van der Waals surface area contributed by atoms with Crippen LogP contribution >= 0.6 is 11.6 Å². The van der Waals surface area contributed by atoms with E-state index in [-0.39, 0.29) is 12.1 Å². The molecule has 0 aliphatic heterocycles. The van der Waals surface area contributed by atoms with Crippen LogP contribution < -0.4 is 5.32 Å². The van der Waals surface area contributed by atoms with E-state index >= 15 is 0 Å². The SMILES string of the molecule is O=C(COC(=O)Cc1ccc(Cl)cc1)Nc1ccc(F)cc1F. The molecule has 0 atom stereocenters. The summed E-state index contributed by atoms with van der Waals surface area (Å²) in [5, 5.41) is 2.73. The van der Waals surface area contributed by atoms with E-state index in [9.17, 15) is 18.4 Å². The Labute approximate surface area is 136 Å². The molecule has 1 amide bonds. The molecule has 0 aliphatic rings. The molecular formula is C16H12ClF2NO3. The van der Waals surface area contributed by atoms with Gasteiger partial charge in [-0.15, -0.1) is 0 Å². The Hall–Kier alpha value is -2.47. The third-order valence-electron chi connectivity index (χ3n) is 2.83. The molecule has 0 spiro atoms. The molecule has 0 fully saturated rings. The van der Waals surface area contributed by atoms with Crippen molar-refractivity contribution in [3.63, 3.8) is 0 Å². The highest BCUT2D eigenvalue weighted by atomic mass is 35.5. The van der Waals surface area contributed by atoms with E-state index in [0.717, 1.165) is 12.1 Å². The number of hydrogen-bond acceptors (Lipinski definition) is 3. The molecule has 0 aromatic heterocycles. The molecule has 4 nitrogen and oxygen atoms in total. The molecule has 7 heteroatoms. The molecule has 0 saturated carbocycles. The van der Waals surface area contributed by atoms with Crippen molar-refractivity contribution >= 4 is 29.2 Å². The number of carbonyl (C=O) groups excluding carboxylic acids is 2. The van der Waals surface area contributed by atoms with Crippen LogP contribution in [0, 0.1) is 11.6 Å². The summed E-state index contributed by atoms with van der Waals surface area (Å²) in [6, 6.07) is 9.32. The minimum Gasteiger partial charge on any atom is -0.455 e. The Kier molecular flexibility index (Phi) is 5.65. The molecule has 1 N–H and O–H groups in total. The number of rotatable bonds is 5. The topological polar surface area (TPSA) is 55.4 Å². The van der Waals surface area contributed by atoms with Crippen molar-refractivity contribution in [1.29, 1.82) is 0 Å². The van der Waals surface area contributed by atoms with Crippen molar-refractivity contribution in [2.75, 3.05) is 11.9 Å². The van der Waals surface area contributed by atoms with Gasteiger partial charge in [0.15, 0.2) is 6.61 Å². The maximum absolute atomic E-state index is 13.4. The molecule has 0 radical (unpaired) electrons. The van der Waals surface area contributed by atoms with Gasteiger partial charge in [0.25, 0.3) is 5.91 Å². The summed E-state index contributed by atoms with van der Waals surface area (Å²) >= 11 is 5.73. The van der Waals surface area contributed by atoms with E-state index in [1.54, 1.807) is 24.3 Å². The molecule has 23 heavy (non-hydrogen) atoms. The third-order valence-corrected chi connectivity index (χ3v) is 3.08. The number of amides is 1. The van der Waals surface area contributed by atoms with Crippen LogP contribution in [0.5, 0.6) is 0 Å². The fourth-order valence-electron chi connectivity index (χ4n) is 1.74. The number of anilines is 1. The minimum absolute atomic E-state index is 0.0185. The first-order valence-corrected chi connectivity index (χ1v) is 6.97.